The van der Waals surface area contributed by atoms with Crippen LogP contribution < -0.4 is 5.32 Å². The smallest absolute Gasteiger partial charge is 0.354 e. The van der Waals surface area contributed by atoms with Crippen LogP contribution in [0.3, 0.4) is 0 Å². The Morgan fingerprint density at radius 2 is 1.95 bits per heavy atom. The number of aromatic amines is 1. The first-order chi connectivity index (χ1) is 9.58. The molecule has 104 valence electrons. The van der Waals surface area contributed by atoms with Crippen LogP contribution in [0.4, 0.5) is 0 Å². The van der Waals surface area contributed by atoms with Gasteiger partial charge in [0.15, 0.2) is 11.4 Å². The fourth-order valence-electron chi connectivity index (χ4n) is 1.70. The molecular formula is C13H13N3O4. The van der Waals surface area contributed by atoms with E-state index in [2.05, 4.69) is 15.3 Å². The standard InChI is InChI=1S/C13H13N3O4/c17-9-3-1-8(2-4-9)5-6-14-12(18)10-11(13(19)20)16-7-15-10/h1-4,7,17H,5-6H2,(H,14,18)(H,15,16)(H,19,20). The van der Waals surface area contributed by atoms with Crippen molar-refractivity contribution in [3.8, 4) is 5.75 Å². The molecule has 0 saturated heterocycles. The van der Waals surface area contributed by atoms with Gasteiger partial charge in [0.05, 0.1) is 6.33 Å². The van der Waals surface area contributed by atoms with Crippen molar-refractivity contribution in [2.45, 2.75) is 6.42 Å². The van der Waals surface area contributed by atoms with Crippen molar-refractivity contribution < 1.29 is 19.8 Å². The van der Waals surface area contributed by atoms with E-state index in [1.54, 1.807) is 24.3 Å². The molecule has 0 radical (unpaired) electrons. The first kappa shape index (κ1) is 13.6. The Kier molecular flexibility index (Phi) is 3.99. The molecule has 2 aromatic rings. The van der Waals surface area contributed by atoms with E-state index in [0.717, 1.165) is 5.56 Å². The van der Waals surface area contributed by atoms with Crippen LogP contribution in [0.5, 0.6) is 5.75 Å². The largest absolute Gasteiger partial charge is 0.508 e. The lowest BCUT2D eigenvalue weighted by Gasteiger charge is -2.04. The first-order valence-corrected chi connectivity index (χ1v) is 5.90. The molecule has 1 aromatic heterocycles. The van der Waals surface area contributed by atoms with Gasteiger partial charge in [0.2, 0.25) is 0 Å². The summed E-state index contributed by atoms with van der Waals surface area (Å²) >= 11 is 0. The van der Waals surface area contributed by atoms with Crippen molar-refractivity contribution in [3.63, 3.8) is 0 Å². The van der Waals surface area contributed by atoms with Crippen molar-refractivity contribution in [2.75, 3.05) is 6.54 Å². The molecule has 0 unspecified atom stereocenters. The summed E-state index contributed by atoms with van der Waals surface area (Å²) in [6.07, 6.45) is 1.73. The number of aromatic nitrogens is 2. The van der Waals surface area contributed by atoms with E-state index < -0.39 is 11.9 Å². The fourth-order valence-corrected chi connectivity index (χ4v) is 1.70. The maximum absolute atomic E-state index is 11.8. The number of aromatic hydroxyl groups is 1. The highest BCUT2D eigenvalue weighted by atomic mass is 16.4. The van der Waals surface area contributed by atoms with Gasteiger partial charge in [-0.15, -0.1) is 0 Å². The third-order valence-electron chi connectivity index (χ3n) is 2.70. The zero-order valence-electron chi connectivity index (χ0n) is 10.5. The van der Waals surface area contributed by atoms with Crippen molar-refractivity contribution in [3.05, 3.63) is 47.5 Å². The summed E-state index contributed by atoms with van der Waals surface area (Å²) in [6, 6.07) is 6.62. The number of phenols is 1. The number of hydrogen-bond donors (Lipinski definition) is 4. The van der Waals surface area contributed by atoms with Crippen molar-refractivity contribution in [1.82, 2.24) is 15.3 Å². The highest BCUT2D eigenvalue weighted by Gasteiger charge is 2.18. The van der Waals surface area contributed by atoms with E-state index in [1.165, 1.54) is 6.33 Å². The predicted molar refractivity (Wildman–Crippen MR) is 69.7 cm³/mol. The first-order valence-electron chi connectivity index (χ1n) is 5.90. The molecule has 1 heterocycles. The van der Waals surface area contributed by atoms with Crippen LogP contribution in [-0.2, 0) is 6.42 Å². The number of benzene rings is 1. The van der Waals surface area contributed by atoms with Crippen LogP contribution in [-0.4, -0.2) is 38.6 Å². The summed E-state index contributed by atoms with van der Waals surface area (Å²) in [5.41, 5.74) is 0.582. The number of nitrogens with zero attached hydrogens (tertiary/aromatic N) is 1. The molecule has 0 atom stereocenters. The average Bonchev–Trinajstić information content (AvgIpc) is 2.90. The van der Waals surface area contributed by atoms with Crippen LogP contribution >= 0.6 is 0 Å². The van der Waals surface area contributed by atoms with Crippen LogP contribution in [0.15, 0.2) is 30.6 Å². The van der Waals surface area contributed by atoms with E-state index >= 15 is 0 Å². The number of carboxylic acid groups (broad SMARTS) is 1. The Balaban J connectivity index is 1.91. The summed E-state index contributed by atoms with van der Waals surface area (Å²) < 4.78 is 0. The molecule has 1 aromatic carbocycles. The van der Waals surface area contributed by atoms with Gasteiger partial charge in [-0.05, 0) is 24.1 Å². The second kappa shape index (κ2) is 5.87. The third-order valence-corrected chi connectivity index (χ3v) is 2.70. The van der Waals surface area contributed by atoms with Gasteiger partial charge >= 0.3 is 5.97 Å². The molecule has 0 aliphatic rings. The van der Waals surface area contributed by atoms with E-state index in [0.29, 0.717) is 13.0 Å². The fraction of sp³-hybridized carbons (Fsp3) is 0.154. The second-order valence-corrected chi connectivity index (χ2v) is 4.10. The number of imidazole rings is 1. The van der Waals surface area contributed by atoms with E-state index in [4.69, 9.17) is 10.2 Å². The van der Waals surface area contributed by atoms with Crippen LogP contribution in [0.25, 0.3) is 0 Å². The van der Waals surface area contributed by atoms with Crippen LogP contribution in [0, 0.1) is 0 Å². The number of amides is 1. The van der Waals surface area contributed by atoms with Crippen LogP contribution in [0.1, 0.15) is 26.5 Å². The zero-order chi connectivity index (χ0) is 14.5. The minimum Gasteiger partial charge on any atom is -0.508 e. The maximum atomic E-state index is 11.8. The molecule has 7 nitrogen and oxygen atoms in total. The third kappa shape index (κ3) is 3.14. The minimum absolute atomic E-state index is 0.136. The summed E-state index contributed by atoms with van der Waals surface area (Å²) in [4.78, 5) is 28.7. The van der Waals surface area contributed by atoms with Gasteiger partial charge < -0.3 is 20.5 Å². The molecule has 2 rings (SSSR count). The zero-order valence-corrected chi connectivity index (χ0v) is 10.5. The number of aromatic carboxylic acids is 1. The minimum atomic E-state index is -1.23. The Hall–Kier alpha value is -2.83. The predicted octanol–water partition coefficient (Wildman–Crippen LogP) is 0.786. The quantitative estimate of drug-likeness (QED) is 0.643. The SMILES string of the molecule is O=C(NCCc1ccc(O)cc1)c1nc[nH]c1C(=O)O. The van der Waals surface area contributed by atoms with Crippen molar-refractivity contribution >= 4 is 11.9 Å². The number of carbonyl (C=O) groups is 2. The van der Waals surface area contributed by atoms with E-state index in [9.17, 15) is 9.59 Å². The van der Waals surface area contributed by atoms with Gasteiger partial charge in [-0.25, -0.2) is 9.78 Å². The molecule has 7 heteroatoms. The highest BCUT2D eigenvalue weighted by molar-refractivity contribution is 6.02. The molecule has 0 saturated carbocycles. The Bertz CT molecular complexity index is 619. The molecule has 0 aliphatic carbocycles. The van der Waals surface area contributed by atoms with E-state index in [-0.39, 0.29) is 17.1 Å². The van der Waals surface area contributed by atoms with Gasteiger partial charge in [0.1, 0.15) is 5.75 Å². The number of hydrogen-bond acceptors (Lipinski definition) is 4. The number of phenolic OH excluding ortho intramolecular Hbond substituents is 1. The molecule has 4 N–H and O–H groups in total. The maximum Gasteiger partial charge on any atom is 0.354 e. The highest BCUT2D eigenvalue weighted by Crippen LogP contribution is 2.09. The van der Waals surface area contributed by atoms with E-state index in [1.807, 2.05) is 0 Å². The summed E-state index contributed by atoms with van der Waals surface area (Å²) in [5, 5.41) is 20.6. The topological polar surface area (TPSA) is 115 Å². The number of nitrogens with one attached hydrogen (secondary N) is 2. The summed E-state index contributed by atoms with van der Waals surface area (Å²) in [5.74, 6) is -1.59. The van der Waals surface area contributed by atoms with Gasteiger partial charge in [0, 0.05) is 6.54 Å². The lowest BCUT2D eigenvalue weighted by Crippen LogP contribution is -2.27. The number of H-pyrrole nitrogens is 1. The van der Waals surface area contributed by atoms with Gasteiger partial charge in [-0.3, -0.25) is 4.79 Å². The van der Waals surface area contributed by atoms with Crippen molar-refractivity contribution in [1.29, 1.82) is 0 Å². The van der Waals surface area contributed by atoms with Crippen molar-refractivity contribution in [2.24, 2.45) is 0 Å². The number of carbonyl (C=O) groups excluding carboxylic acids is 1. The lowest BCUT2D eigenvalue weighted by atomic mass is 10.1. The Morgan fingerprint density at radius 1 is 1.25 bits per heavy atom. The average molecular weight is 275 g/mol. The second-order valence-electron chi connectivity index (χ2n) is 4.10. The van der Waals surface area contributed by atoms with Crippen LogP contribution in [0.2, 0.25) is 0 Å². The molecule has 0 spiro atoms. The molecule has 1 amide bonds. The number of rotatable bonds is 5. The molecule has 0 aliphatic heterocycles. The monoisotopic (exact) mass is 275 g/mol. The molecule has 0 bridgehead atoms. The van der Waals surface area contributed by atoms with Gasteiger partial charge in [0.25, 0.3) is 5.91 Å². The molecular weight excluding hydrogens is 262 g/mol. The summed E-state index contributed by atoms with van der Waals surface area (Å²) in [6.45, 7) is 0.343. The molecule has 20 heavy (non-hydrogen) atoms. The Labute approximate surface area is 114 Å². The Morgan fingerprint density at radius 3 is 2.60 bits per heavy atom. The number of carboxylic acids is 1. The van der Waals surface area contributed by atoms with Gasteiger partial charge in [-0.2, -0.15) is 0 Å². The summed E-state index contributed by atoms with van der Waals surface area (Å²) in [7, 11) is 0. The van der Waals surface area contributed by atoms with Gasteiger partial charge in [-0.1, -0.05) is 12.1 Å². The molecule has 0 fully saturated rings. The lowest BCUT2D eigenvalue weighted by molar-refractivity contribution is 0.0685. The normalized spacial score (nSPS) is 10.2.